The number of aryl methyl sites for hydroxylation is 1. The molecule has 0 atom stereocenters. The highest BCUT2D eigenvalue weighted by molar-refractivity contribution is 6.09. The number of benzene rings is 4. The Morgan fingerprint density at radius 3 is 2.04 bits per heavy atom. The second-order valence-corrected chi connectivity index (χ2v) is 16.0. The lowest BCUT2D eigenvalue weighted by molar-refractivity contribution is 0.482. The van der Waals surface area contributed by atoms with Crippen molar-refractivity contribution in [1.29, 1.82) is 0 Å². The predicted octanol–water partition coefficient (Wildman–Crippen LogP) is 12.2. The average molecular weight is 661 g/mol. The molecule has 0 unspecified atom stereocenters. The average Bonchev–Trinajstić information content (AvgIpc) is 3.56. The molecule has 0 aliphatic carbocycles. The molecular formula is C45H48N4O. The molecule has 0 radical (unpaired) electrons. The number of hydrogen-bond donors (Lipinski definition) is 0. The van der Waals surface area contributed by atoms with Gasteiger partial charge in [-0.1, -0.05) is 97.9 Å². The molecular weight excluding hydrogens is 613 g/mol. The third-order valence-electron chi connectivity index (χ3n) is 9.85. The van der Waals surface area contributed by atoms with Gasteiger partial charge in [0.05, 0.1) is 22.4 Å². The summed E-state index contributed by atoms with van der Waals surface area (Å²) in [6.07, 6.45) is 1.91. The van der Waals surface area contributed by atoms with Crippen molar-refractivity contribution in [3.8, 4) is 34.1 Å². The van der Waals surface area contributed by atoms with Crippen molar-refractivity contribution in [1.82, 2.24) is 19.3 Å². The van der Waals surface area contributed by atoms with Gasteiger partial charge in [-0.25, -0.2) is 9.67 Å². The fourth-order valence-corrected chi connectivity index (χ4v) is 6.94. The van der Waals surface area contributed by atoms with E-state index >= 15 is 0 Å². The van der Waals surface area contributed by atoms with Gasteiger partial charge in [0.1, 0.15) is 17.3 Å². The zero-order valence-electron chi connectivity index (χ0n) is 31.1. The number of fused-ring (bicyclic) bond motifs is 3. The molecule has 0 aliphatic heterocycles. The van der Waals surface area contributed by atoms with Gasteiger partial charge >= 0.3 is 0 Å². The minimum absolute atomic E-state index is 0.0332. The molecule has 0 saturated heterocycles. The van der Waals surface area contributed by atoms with Crippen molar-refractivity contribution >= 4 is 21.8 Å². The van der Waals surface area contributed by atoms with E-state index in [-0.39, 0.29) is 10.8 Å². The summed E-state index contributed by atoms with van der Waals surface area (Å²) in [6.45, 7) is 22.4. The summed E-state index contributed by atoms with van der Waals surface area (Å²) in [5, 5.41) is 7.43. The zero-order chi connectivity index (χ0) is 35.5. The lowest BCUT2D eigenvalue weighted by Gasteiger charge is -2.26. The van der Waals surface area contributed by atoms with Crippen molar-refractivity contribution < 1.29 is 4.74 Å². The van der Waals surface area contributed by atoms with Gasteiger partial charge in [-0.05, 0) is 95.3 Å². The Bertz CT molecular complexity index is 2340. The SMILES string of the molecule is Cc1nn(-c2cccc(Oc3ccc4c5ccccc5n(-c5cc(C(C)C)ccn5)c4c3)c2)c(C)c1-c1cc(C(C)(C)C)cc(C(C)(C)C)c1. The molecule has 0 fully saturated rings. The number of para-hydroxylation sites is 1. The molecule has 5 nitrogen and oxygen atoms in total. The molecule has 7 rings (SSSR count). The number of aromatic nitrogens is 4. The molecule has 254 valence electrons. The van der Waals surface area contributed by atoms with Gasteiger partial charge in [-0.2, -0.15) is 5.10 Å². The molecule has 7 aromatic rings. The van der Waals surface area contributed by atoms with Crippen LogP contribution in [0.3, 0.4) is 0 Å². The van der Waals surface area contributed by atoms with Crippen LogP contribution in [0.25, 0.3) is 44.4 Å². The van der Waals surface area contributed by atoms with Crippen LogP contribution in [0.4, 0.5) is 0 Å². The number of nitrogens with zero attached hydrogens (tertiary/aromatic N) is 4. The Hall–Kier alpha value is -5.16. The van der Waals surface area contributed by atoms with Crippen molar-refractivity contribution in [2.45, 2.75) is 86.0 Å². The predicted molar refractivity (Wildman–Crippen MR) is 209 cm³/mol. The molecule has 0 bridgehead atoms. The highest BCUT2D eigenvalue weighted by Gasteiger charge is 2.24. The summed E-state index contributed by atoms with van der Waals surface area (Å²) in [6, 6.07) is 34.4. The van der Waals surface area contributed by atoms with Crippen molar-refractivity contribution in [3.63, 3.8) is 0 Å². The van der Waals surface area contributed by atoms with Gasteiger partial charge in [-0.15, -0.1) is 0 Å². The molecule has 50 heavy (non-hydrogen) atoms. The van der Waals surface area contributed by atoms with Crippen LogP contribution in [0, 0.1) is 13.8 Å². The van der Waals surface area contributed by atoms with Gasteiger partial charge in [0, 0.05) is 40.4 Å². The Kier molecular flexibility index (Phi) is 8.21. The molecule has 3 heterocycles. The van der Waals surface area contributed by atoms with E-state index in [9.17, 15) is 0 Å². The van der Waals surface area contributed by atoms with Crippen LogP contribution in [-0.2, 0) is 10.8 Å². The molecule has 4 aromatic carbocycles. The summed E-state index contributed by atoms with van der Waals surface area (Å²) in [4.78, 5) is 4.81. The molecule has 0 amide bonds. The molecule has 0 aliphatic rings. The number of pyridine rings is 1. The van der Waals surface area contributed by atoms with Crippen LogP contribution < -0.4 is 4.74 Å². The zero-order valence-corrected chi connectivity index (χ0v) is 31.1. The first-order valence-electron chi connectivity index (χ1n) is 17.7. The third-order valence-corrected chi connectivity index (χ3v) is 9.85. The Labute approximate surface area is 296 Å². The van der Waals surface area contributed by atoms with Crippen LogP contribution in [0.1, 0.15) is 89.4 Å². The summed E-state index contributed by atoms with van der Waals surface area (Å²) >= 11 is 0. The highest BCUT2D eigenvalue weighted by Crippen LogP contribution is 2.38. The fraction of sp³-hybridized carbons (Fsp3) is 0.289. The second-order valence-electron chi connectivity index (χ2n) is 16.0. The van der Waals surface area contributed by atoms with E-state index in [4.69, 9.17) is 14.8 Å². The van der Waals surface area contributed by atoms with Crippen LogP contribution in [-0.4, -0.2) is 19.3 Å². The van der Waals surface area contributed by atoms with Crippen LogP contribution in [0.2, 0.25) is 0 Å². The van der Waals surface area contributed by atoms with E-state index in [0.717, 1.165) is 45.4 Å². The van der Waals surface area contributed by atoms with Gasteiger partial charge in [-0.3, -0.25) is 4.57 Å². The van der Waals surface area contributed by atoms with Crippen LogP contribution in [0.5, 0.6) is 11.5 Å². The molecule has 3 aromatic heterocycles. The van der Waals surface area contributed by atoms with E-state index < -0.39 is 0 Å². The summed E-state index contributed by atoms with van der Waals surface area (Å²) in [7, 11) is 0. The lowest BCUT2D eigenvalue weighted by atomic mass is 9.78. The Morgan fingerprint density at radius 1 is 0.660 bits per heavy atom. The van der Waals surface area contributed by atoms with Crippen molar-refractivity contribution in [2.24, 2.45) is 0 Å². The highest BCUT2D eigenvalue weighted by atomic mass is 16.5. The Morgan fingerprint density at radius 2 is 1.34 bits per heavy atom. The molecule has 5 heteroatoms. The van der Waals surface area contributed by atoms with Gasteiger partial charge < -0.3 is 4.74 Å². The summed E-state index contributed by atoms with van der Waals surface area (Å²) in [5.74, 6) is 2.83. The second kappa shape index (κ2) is 12.3. The van der Waals surface area contributed by atoms with Gasteiger partial charge in [0.2, 0.25) is 0 Å². The maximum Gasteiger partial charge on any atom is 0.137 e. The largest absolute Gasteiger partial charge is 0.457 e. The number of ether oxygens (including phenoxy) is 1. The van der Waals surface area contributed by atoms with Crippen LogP contribution >= 0.6 is 0 Å². The first-order chi connectivity index (χ1) is 23.7. The molecule has 0 saturated carbocycles. The first-order valence-corrected chi connectivity index (χ1v) is 17.7. The molecule has 0 N–H and O–H groups in total. The van der Waals surface area contributed by atoms with E-state index in [1.54, 1.807) is 0 Å². The van der Waals surface area contributed by atoms with E-state index in [1.165, 1.54) is 38.6 Å². The monoisotopic (exact) mass is 660 g/mol. The first kappa shape index (κ1) is 33.3. The van der Waals surface area contributed by atoms with Gasteiger partial charge in [0.15, 0.2) is 0 Å². The van der Waals surface area contributed by atoms with Crippen molar-refractivity contribution in [3.05, 3.63) is 131 Å². The summed E-state index contributed by atoms with van der Waals surface area (Å²) in [5.41, 5.74) is 11.6. The quantitative estimate of drug-likeness (QED) is 0.178. The maximum absolute atomic E-state index is 6.59. The third kappa shape index (κ3) is 6.10. The topological polar surface area (TPSA) is 44.9 Å². The minimum Gasteiger partial charge on any atom is -0.457 e. The van der Waals surface area contributed by atoms with E-state index in [0.29, 0.717) is 5.92 Å². The minimum atomic E-state index is 0.0332. The number of rotatable bonds is 6. The standard InChI is InChI=1S/C45H48N4O/c1-28(2)31-20-21-46-42(24-31)48-40-17-12-11-16-38(40)39-19-18-37(27-41(39)48)50-36-15-13-14-35(26-36)49-30(4)43(29(3)47-49)32-22-33(44(5,6)7)25-34(23-32)45(8,9)10/h11-28H,1-10H3. The van der Waals surface area contributed by atoms with Crippen molar-refractivity contribution in [2.75, 3.05) is 0 Å². The molecule has 0 spiro atoms. The fourth-order valence-electron chi connectivity index (χ4n) is 6.94. The lowest BCUT2D eigenvalue weighted by Crippen LogP contribution is -2.16. The smallest absolute Gasteiger partial charge is 0.137 e. The number of hydrogen-bond acceptors (Lipinski definition) is 3. The Balaban J connectivity index is 1.27. The van der Waals surface area contributed by atoms with E-state index in [1.807, 2.05) is 23.0 Å². The van der Waals surface area contributed by atoms with Crippen LogP contribution in [0.15, 0.2) is 103 Å². The summed E-state index contributed by atoms with van der Waals surface area (Å²) < 4.78 is 10.9. The van der Waals surface area contributed by atoms with Gasteiger partial charge in [0.25, 0.3) is 0 Å². The maximum atomic E-state index is 6.59. The van der Waals surface area contributed by atoms with E-state index in [2.05, 4.69) is 159 Å². The normalized spacial score (nSPS) is 12.4.